The SMILES string of the molecule is CC(C)(C)OC(=O)C(C)(ON)[C@H]1CCc2cc(C3=CNC(NCCCN)=NC3)ccc2O1.CC[Si](CC)CC. The molecule has 0 aliphatic carbocycles. The highest BCUT2D eigenvalue weighted by atomic mass is 28.3. The number of hydrogen-bond donors (Lipinski definition) is 4. The van der Waals surface area contributed by atoms with Crippen LogP contribution >= 0.6 is 0 Å². The molecular weight excluding hydrogens is 510 g/mol. The number of aryl methyl sites for hydroxylation is 1. The Labute approximate surface area is 236 Å². The fourth-order valence-corrected chi connectivity index (χ4v) is 5.86. The standard InChI is InChI=1S/C23H35N5O4.C6H15Si/c1-22(2,3)31-20(29)23(4,32-25)19-9-7-16-12-15(6-8-18(16)30-19)17-13-27-21(28-14-17)26-11-5-10-24;1-4-7(5-2)6-3/h6,8,12-13,19H,5,7,9-11,14,24-25H2,1-4H3,(H2,26,27,28);4-6H2,1-3H3/t19-,23?;/m1./s1. The zero-order chi connectivity index (χ0) is 29.1. The van der Waals surface area contributed by atoms with Crippen molar-refractivity contribution in [1.29, 1.82) is 0 Å². The average molecular weight is 561 g/mol. The maximum Gasteiger partial charge on any atom is 0.344 e. The molecule has 3 rings (SSSR count). The van der Waals surface area contributed by atoms with Crippen LogP contribution in [0.1, 0.15) is 72.4 Å². The Morgan fingerprint density at radius 3 is 2.41 bits per heavy atom. The van der Waals surface area contributed by atoms with Gasteiger partial charge in [0.15, 0.2) is 5.96 Å². The van der Waals surface area contributed by atoms with Gasteiger partial charge in [-0.25, -0.2) is 15.7 Å². The zero-order valence-electron chi connectivity index (χ0n) is 25.0. The van der Waals surface area contributed by atoms with E-state index in [1.54, 1.807) is 27.7 Å². The van der Waals surface area contributed by atoms with Gasteiger partial charge in [-0.3, -0.25) is 4.84 Å². The van der Waals surface area contributed by atoms with Crippen molar-refractivity contribution >= 4 is 26.3 Å². The molecule has 6 N–H and O–H groups in total. The predicted octanol–water partition coefficient (Wildman–Crippen LogP) is 4.15. The molecule has 0 saturated carbocycles. The highest BCUT2D eigenvalue weighted by Gasteiger charge is 2.48. The first kappa shape index (κ1) is 32.8. The summed E-state index contributed by atoms with van der Waals surface area (Å²) in [6.45, 7) is 16.0. The Balaban J connectivity index is 0.000000673. The van der Waals surface area contributed by atoms with Crippen molar-refractivity contribution in [3.63, 3.8) is 0 Å². The van der Waals surface area contributed by atoms with Gasteiger partial charge >= 0.3 is 5.97 Å². The minimum absolute atomic E-state index is 0.137. The minimum Gasteiger partial charge on any atom is -0.486 e. The summed E-state index contributed by atoms with van der Waals surface area (Å²) in [5, 5.41) is 6.42. The predicted molar refractivity (Wildman–Crippen MR) is 161 cm³/mol. The Bertz CT molecular complexity index is 985. The number of nitrogens with zero attached hydrogens (tertiary/aromatic N) is 1. The largest absolute Gasteiger partial charge is 0.486 e. The van der Waals surface area contributed by atoms with Crippen molar-refractivity contribution in [3.05, 3.63) is 35.5 Å². The number of benzene rings is 1. The number of aliphatic imine (C=N–C) groups is 1. The molecule has 9 nitrogen and oxygen atoms in total. The highest BCUT2D eigenvalue weighted by molar-refractivity contribution is 6.58. The molecule has 0 fully saturated rings. The third kappa shape index (κ3) is 9.63. The van der Waals surface area contributed by atoms with Crippen LogP contribution in [-0.2, 0) is 20.8 Å². The van der Waals surface area contributed by atoms with E-state index in [0.717, 1.165) is 42.0 Å². The fraction of sp³-hybridized carbons (Fsp3) is 0.655. The maximum absolute atomic E-state index is 12.7. The quantitative estimate of drug-likeness (QED) is 0.145. The van der Waals surface area contributed by atoms with Crippen molar-refractivity contribution in [2.75, 3.05) is 19.6 Å². The van der Waals surface area contributed by atoms with Gasteiger partial charge < -0.3 is 25.8 Å². The van der Waals surface area contributed by atoms with Gasteiger partial charge in [-0.1, -0.05) is 45.0 Å². The van der Waals surface area contributed by atoms with E-state index in [9.17, 15) is 4.79 Å². The fourth-order valence-electron chi connectivity index (χ4n) is 4.36. The monoisotopic (exact) mass is 560 g/mol. The van der Waals surface area contributed by atoms with Gasteiger partial charge in [0.25, 0.3) is 0 Å². The number of ether oxygens (including phenoxy) is 2. The molecule has 1 radical (unpaired) electrons. The van der Waals surface area contributed by atoms with Crippen LogP contribution in [0, 0.1) is 0 Å². The van der Waals surface area contributed by atoms with E-state index in [4.69, 9.17) is 25.9 Å². The smallest absolute Gasteiger partial charge is 0.344 e. The van der Waals surface area contributed by atoms with E-state index in [1.165, 1.54) is 18.1 Å². The zero-order valence-corrected chi connectivity index (χ0v) is 26.0. The van der Waals surface area contributed by atoms with Crippen LogP contribution in [0.4, 0.5) is 0 Å². The third-order valence-electron chi connectivity index (χ3n) is 7.00. The van der Waals surface area contributed by atoms with E-state index in [1.807, 2.05) is 18.3 Å². The first-order valence-electron chi connectivity index (χ1n) is 14.2. The number of fused-ring (bicyclic) bond motifs is 1. The molecule has 0 amide bonds. The van der Waals surface area contributed by atoms with Crippen LogP contribution in [0.3, 0.4) is 0 Å². The van der Waals surface area contributed by atoms with Gasteiger partial charge in [0.05, 0.1) is 6.54 Å². The van der Waals surface area contributed by atoms with Crippen molar-refractivity contribution in [2.45, 2.75) is 103 Å². The Kier molecular flexibility index (Phi) is 13.0. The Hall–Kier alpha value is -2.40. The molecule has 2 aliphatic rings. The van der Waals surface area contributed by atoms with Crippen LogP contribution in [0.5, 0.6) is 5.75 Å². The second-order valence-electron chi connectivity index (χ2n) is 11.1. The van der Waals surface area contributed by atoms with E-state index in [2.05, 4.69) is 42.5 Å². The normalized spacial score (nSPS) is 18.3. The van der Waals surface area contributed by atoms with E-state index >= 15 is 0 Å². The highest BCUT2D eigenvalue weighted by Crippen LogP contribution is 2.35. The van der Waals surface area contributed by atoms with Crippen LogP contribution in [0.25, 0.3) is 5.57 Å². The summed E-state index contributed by atoms with van der Waals surface area (Å²) < 4.78 is 11.7. The van der Waals surface area contributed by atoms with Gasteiger partial charge in [-0.15, -0.1) is 0 Å². The molecule has 1 aromatic carbocycles. The molecule has 0 aromatic heterocycles. The third-order valence-corrected chi connectivity index (χ3v) is 10.0. The van der Waals surface area contributed by atoms with Crippen LogP contribution in [0.2, 0.25) is 18.1 Å². The van der Waals surface area contributed by atoms with Crippen molar-refractivity contribution < 1.29 is 19.1 Å². The van der Waals surface area contributed by atoms with E-state index < -0.39 is 23.3 Å². The average Bonchev–Trinajstić information content (AvgIpc) is 2.93. The molecule has 2 atom stereocenters. The Morgan fingerprint density at radius 1 is 1.21 bits per heavy atom. The summed E-state index contributed by atoms with van der Waals surface area (Å²) in [5.74, 6) is 6.47. The molecule has 1 aromatic rings. The maximum atomic E-state index is 12.7. The lowest BCUT2D eigenvalue weighted by atomic mass is 9.89. The van der Waals surface area contributed by atoms with Gasteiger partial charge in [-0.2, -0.15) is 0 Å². The number of esters is 1. The lowest BCUT2D eigenvalue weighted by Gasteiger charge is -2.38. The number of hydrogen-bond acceptors (Lipinski definition) is 9. The number of rotatable bonds is 10. The van der Waals surface area contributed by atoms with Gasteiger partial charge in [0, 0.05) is 21.5 Å². The van der Waals surface area contributed by atoms with Crippen LogP contribution in [0.15, 0.2) is 29.4 Å². The molecular formula is C29H50N5O4Si. The Morgan fingerprint density at radius 2 is 1.90 bits per heavy atom. The lowest BCUT2D eigenvalue weighted by molar-refractivity contribution is -0.196. The number of nitrogens with two attached hydrogens (primary N) is 2. The first-order valence-corrected chi connectivity index (χ1v) is 16.3. The van der Waals surface area contributed by atoms with Crippen molar-refractivity contribution in [1.82, 2.24) is 10.6 Å². The molecule has 0 saturated heterocycles. The minimum atomic E-state index is -1.40. The first-order chi connectivity index (χ1) is 18.5. The molecule has 1 unspecified atom stereocenters. The second-order valence-corrected chi connectivity index (χ2v) is 14.7. The van der Waals surface area contributed by atoms with Crippen LogP contribution in [-0.4, -0.2) is 57.7 Å². The van der Waals surface area contributed by atoms with Crippen molar-refractivity contribution in [3.8, 4) is 5.75 Å². The van der Waals surface area contributed by atoms with Gasteiger partial charge in [0.1, 0.15) is 17.5 Å². The number of carbonyl (C=O) groups excluding carboxylic acids is 1. The molecule has 0 bridgehead atoms. The number of nitrogens with one attached hydrogen (secondary N) is 2. The molecule has 39 heavy (non-hydrogen) atoms. The van der Waals surface area contributed by atoms with Crippen LogP contribution < -0.4 is 27.0 Å². The molecule has 2 heterocycles. The summed E-state index contributed by atoms with van der Waals surface area (Å²) in [6.07, 6.45) is 3.61. The summed E-state index contributed by atoms with van der Waals surface area (Å²) in [7, 11) is 0.137. The second kappa shape index (κ2) is 15.4. The van der Waals surface area contributed by atoms with E-state index in [0.29, 0.717) is 25.3 Å². The summed E-state index contributed by atoms with van der Waals surface area (Å²) in [5.41, 5.74) is 6.70. The lowest BCUT2D eigenvalue weighted by Crippen LogP contribution is -2.56. The van der Waals surface area contributed by atoms with E-state index in [-0.39, 0.29) is 8.80 Å². The van der Waals surface area contributed by atoms with Crippen molar-refractivity contribution in [2.24, 2.45) is 16.6 Å². The number of guanidine groups is 1. The molecule has 2 aliphatic heterocycles. The summed E-state index contributed by atoms with van der Waals surface area (Å²) in [4.78, 5) is 22.4. The molecule has 10 heteroatoms. The molecule has 0 spiro atoms. The van der Waals surface area contributed by atoms with Gasteiger partial charge in [-0.05, 0) is 82.3 Å². The summed E-state index contributed by atoms with van der Waals surface area (Å²) >= 11 is 0. The molecule has 219 valence electrons. The topological polar surface area (TPSA) is 133 Å². The summed E-state index contributed by atoms with van der Waals surface area (Å²) in [6, 6.07) is 10.4. The van der Waals surface area contributed by atoms with Gasteiger partial charge in [0.2, 0.25) is 5.60 Å². The number of carbonyl (C=O) groups is 1.